The van der Waals surface area contributed by atoms with E-state index in [4.69, 9.17) is 4.74 Å². The molecule has 0 spiro atoms. The third kappa shape index (κ3) is 4.62. The Balaban J connectivity index is 1.67. The molecule has 3 rings (SSSR count). The second kappa shape index (κ2) is 8.47. The monoisotopic (exact) mass is 385 g/mol. The number of esters is 1. The second-order valence-corrected chi connectivity index (χ2v) is 5.97. The third-order valence-corrected chi connectivity index (χ3v) is 3.99. The van der Waals surface area contributed by atoms with Crippen LogP contribution in [0, 0.1) is 0 Å². The average molecular weight is 385 g/mol. The number of amides is 1. The van der Waals surface area contributed by atoms with Crippen LogP contribution in [0.3, 0.4) is 0 Å². The summed E-state index contributed by atoms with van der Waals surface area (Å²) in [5, 5.41) is 4.64. The minimum atomic E-state index is -3.08. The predicted molar refractivity (Wildman–Crippen MR) is 101 cm³/mol. The summed E-state index contributed by atoms with van der Waals surface area (Å²) in [4.78, 5) is 24.6. The minimum absolute atomic E-state index is 0.187. The van der Waals surface area contributed by atoms with E-state index in [1.807, 2.05) is 30.3 Å². The zero-order valence-corrected chi connectivity index (χ0v) is 14.9. The highest BCUT2D eigenvalue weighted by Crippen LogP contribution is 2.22. The van der Waals surface area contributed by atoms with Crippen LogP contribution in [0.1, 0.15) is 17.3 Å². The van der Waals surface area contributed by atoms with Gasteiger partial charge < -0.3 is 14.8 Å². The number of anilines is 1. The van der Waals surface area contributed by atoms with E-state index in [1.54, 1.807) is 12.1 Å². The first-order valence-electron chi connectivity index (χ1n) is 8.48. The molecule has 0 saturated heterocycles. The number of rotatable bonds is 6. The van der Waals surface area contributed by atoms with Gasteiger partial charge in [0.25, 0.3) is 5.91 Å². The van der Waals surface area contributed by atoms with Crippen molar-refractivity contribution in [2.75, 3.05) is 5.32 Å². The first kappa shape index (κ1) is 19.3. The number of hydrogen-bond donors (Lipinski definition) is 1. The predicted octanol–water partition coefficient (Wildman–Crippen LogP) is 4.63. The van der Waals surface area contributed by atoms with Gasteiger partial charge in [0.15, 0.2) is 6.10 Å². The van der Waals surface area contributed by atoms with Gasteiger partial charge in [-0.15, -0.1) is 0 Å². The first-order chi connectivity index (χ1) is 13.4. The number of fused-ring (bicyclic) bond motifs is 1. The molecule has 5 nitrogen and oxygen atoms in total. The SMILES string of the molecule is C[C@H](OC(=O)c1ccccc1OC(F)F)C(=O)Nc1ccc2ccccc2c1. The lowest BCUT2D eigenvalue weighted by atomic mass is 10.1. The Kier molecular flexibility index (Phi) is 5.84. The molecule has 7 heteroatoms. The molecule has 0 bridgehead atoms. The maximum atomic E-state index is 12.5. The molecule has 1 amide bonds. The van der Waals surface area contributed by atoms with Crippen molar-refractivity contribution in [3.05, 3.63) is 72.3 Å². The standard InChI is InChI=1S/C21H17F2NO4/c1-13(27-20(26)17-8-4-5-9-18(17)28-21(22)23)19(25)24-16-11-10-14-6-2-3-7-15(14)12-16/h2-13,21H,1H3,(H,24,25)/t13-/m0/s1. The van der Waals surface area contributed by atoms with Crippen molar-refractivity contribution < 1.29 is 27.8 Å². The van der Waals surface area contributed by atoms with Gasteiger partial charge in [-0.1, -0.05) is 42.5 Å². The lowest BCUT2D eigenvalue weighted by molar-refractivity contribution is -0.123. The van der Waals surface area contributed by atoms with E-state index in [9.17, 15) is 18.4 Å². The number of alkyl halides is 2. The van der Waals surface area contributed by atoms with Crippen LogP contribution in [0.15, 0.2) is 66.7 Å². The van der Waals surface area contributed by atoms with E-state index in [-0.39, 0.29) is 11.3 Å². The van der Waals surface area contributed by atoms with Gasteiger partial charge >= 0.3 is 12.6 Å². The lowest BCUT2D eigenvalue weighted by Gasteiger charge is -2.15. The maximum absolute atomic E-state index is 12.5. The van der Waals surface area contributed by atoms with Gasteiger partial charge in [-0.3, -0.25) is 4.79 Å². The number of nitrogens with one attached hydrogen (secondary N) is 1. The zero-order chi connectivity index (χ0) is 20.1. The Labute approximate surface area is 159 Å². The van der Waals surface area contributed by atoms with Crippen LogP contribution in [0.5, 0.6) is 5.75 Å². The van der Waals surface area contributed by atoms with Crippen molar-refractivity contribution in [3.8, 4) is 5.75 Å². The van der Waals surface area contributed by atoms with E-state index in [0.717, 1.165) is 10.8 Å². The normalized spacial score (nSPS) is 11.9. The van der Waals surface area contributed by atoms with E-state index >= 15 is 0 Å². The lowest BCUT2D eigenvalue weighted by Crippen LogP contribution is -2.30. The Morgan fingerprint density at radius 3 is 2.36 bits per heavy atom. The van der Waals surface area contributed by atoms with Gasteiger partial charge in [-0.25, -0.2) is 4.79 Å². The Hall–Kier alpha value is -3.48. The summed E-state index contributed by atoms with van der Waals surface area (Å²) in [5.41, 5.74) is 0.362. The molecule has 0 heterocycles. The fourth-order valence-electron chi connectivity index (χ4n) is 2.62. The molecule has 3 aromatic rings. The number of carbonyl (C=O) groups is 2. The topological polar surface area (TPSA) is 64.6 Å². The highest BCUT2D eigenvalue weighted by molar-refractivity contribution is 5.99. The number of benzene rings is 3. The summed E-state index contributed by atoms with van der Waals surface area (Å²) in [7, 11) is 0. The van der Waals surface area contributed by atoms with Gasteiger partial charge in [0.2, 0.25) is 0 Å². The van der Waals surface area contributed by atoms with Crippen molar-refractivity contribution in [1.82, 2.24) is 0 Å². The zero-order valence-electron chi connectivity index (χ0n) is 14.9. The molecule has 0 unspecified atom stereocenters. The third-order valence-electron chi connectivity index (χ3n) is 3.99. The smallest absolute Gasteiger partial charge is 0.387 e. The highest BCUT2D eigenvalue weighted by Gasteiger charge is 2.22. The Bertz CT molecular complexity index is 1010. The first-order valence-corrected chi connectivity index (χ1v) is 8.48. The minimum Gasteiger partial charge on any atom is -0.449 e. The van der Waals surface area contributed by atoms with Gasteiger partial charge in [-0.05, 0) is 42.0 Å². The number of para-hydroxylation sites is 1. The summed E-state index contributed by atoms with van der Waals surface area (Å²) < 4.78 is 34.4. The van der Waals surface area contributed by atoms with Crippen LogP contribution in [0.2, 0.25) is 0 Å². The maximum Gasteiger partial charge on any atom is 0.387 e. The molecule has 0 aliphatic carbocycles. The number of halogens is 2. The summed E-state index contributed by atoms with van der Waals surface area (Å²) in [6.07, 6.45) is -1.14. The van der Waals surface area contributed by atoms with Crippen LogP contribution in [0.25, 0.3) is 10.8 Å². The van der Waals surface area contributed by atoms with E-state index < -0.39 is 24.6 Å². The number of carbonyl (C=O) groups excluding carboxylic acids is 2. The fraction of sp³-hybridized carbons (Fsp3) is 0.143. The summed E-state index contributed by atoms with van der Waals surface area (Å²) in [5.74, 6) is -1.79. The molecule has 0 fully saturated rings. The molecule has 0 aliphatic heterocycles. The molecule has 28 heavy (non-hydrogen) atoms. The molecule has 0 aromatic heterocycles. The molecule has 0 aliphatic rings. The quantitative estimate of drug-likeness (QED) is 0.629. The van der Waals surface area contributed by atoms with E-state index in [1.165, 1.54) is 31.2 Å². The van der Waals surface area contributed by atoms with Crippen molar-refractivity contribution in [3.63, 3.8) is 0 Å². The number of ether oxygens (including phenoxy) is 2. The summed E-state index contributed by atoms with van der Waals surface area (Å²) in [6, 6.07) is 18.5. The molecule has 0 saturated carbocycles. The van der Waals surface area contributed by atoms with Crippen LogP contribution in [-0.2, 0) is 9.53 Å². The van der Waals surface area contributed by atoms with Crippen molar-refractivity contribution in [2.24, 2.45) is 0 Å². The van der Waals surface area contributed by atoms with Gasteiger partial charge in [0.1, 0.15) is 11.3 Å². The van der Waals surface area contributed by atoms with Crippen molar-refractivity contribution >= 4 is 28.3 Å². The summed E-state index contributed by atoms with van der Waals surface area (Å²) >= 11 is 0. The van der Waals surface area contributed by atoms with Crippen LogP contribution in [0.4, 0.5) is 14.5 Å². The molecule has 1 N–H and O–H groups in total. The second-order valence-electron chi connectivity index (χ2n) is 5.97. The number of hydrogen-bond acceptors (Lipinski definition) is 4. The molecular weight excluding hydrogens is 368 g/mol. The molecule has 3 aromatic carbocycles. The van der Waals surface area contributed by atoms with Gasteiger partial charge in [-0.2, -0.15) is 8.78 Å². The fourth-order valence-corrected chi connectivity index (χ4v) is 2.62. The summed E-state index contributed by atoms with van der Waals surface area (Å²) in [6.45, 7) is -1.69. The van der Waals surface area contributed by atoms with Gasteiger partial charge in [0.05, 0.1) is 0 Å². The van der Waals surface area contributed by atoms with Crippen molar-refractivity contribution in [2.45, 2.75) is 19.6 Å². The Morgan fingerprint density at radius 2 is 1.61 bits per heavy atom. The molecule has 1 atom stereocenters. The van der Waals surface area contributed by atoms with E-state index in [0.29, 0.717) is 5.69 Å². The van der Waals surface area contributed by atoms with Crippen molar-refractivity contribution in [1.29, 1.82) is 0 Å². The average Bonchev–Trinajstić information content (AvgIpc) is 2.67. The molecular formula is C21H17F2NO4. The van der Waals surface area contributed by atoms with E-state index in [2.05, 4.69) is 10.1 Å². The molecule has 0 radical (unpaired) electrons. The molecule has 144 valence electrons. The largest absolute Gasteiger partial charge is 0.449 e. The van der Waals surface area contributed by atoms with Gasteiger partial charge in [0, 0.05) is 5.69 Å². The van der Waals surface area contributed by atoms with Crippen LogP contribution >= 0.6 is 0 Å². The van der Waals surface area contributed by atoms with Crippen LogP contribution in [-0.4, -0.2) is 24.6 Å². The highest BCUT2D eigenvalue weighted by atomic mass is 19.3. The van der Waals surface area contributed by atoms with Crippen LogP contribution < -0.4 is 10.1 Å². The Morgan fingerprint density at radius 1 is 0.929 bits per heavy atom.